The van der Waals surface area contributed by atoms with E-state index in [2.05, 4.69) is 0 Å². The van der Waals surface area contributed by atoms with Crippen molar-refractivity contribution < 1.29 is 4.74 Å². The van der Waals surface area contributed by atoms with Gasteiger partial charge in [-0.2, -0.15) is 0 Å². The second kappa shape index (κ2) is 8.46. The fourth-order valence-electron chi connectivity index (χ4n) is 0.853. The van der Waals surface area contributed by atoms with Crippen molar-refractivity contribution in [3.8, 4) is 0 Å². The average Bonchev–Trinajstić information content (AvgIpc) is 2.11. The van der Waals surface area contributed by atoms with Gasteiger partial charge in [0.15, 0.2) is 0 Å². The van der Waals surface area contributed by atoms with Gasteiger partial charge in [-0.3, -0.25) is 0 Å². The smallest absolute Gasteiger partial charge is 0.0965 e. The molecule has 0 heterocycles. The standard InChI is InChI=1S/C10H16Cl2O/c1-9(5-3-7-11)13-10(2)6-4-8-12/h5-6H,3-4,7-8H2,1-2H3. The van der Waals surface area contributed by atoms with Crippen molar-refractivity contribution in [2.45, 2.75) is 26.7 Å². The Hall–Kier alpha value is -0.140. The fraction of sp³-hybridized carbons (Fsp3) is 0.600. The van der Waals surface area contributed by atoms with Crippen LogP contribution in [-0.4, -0.2) is 11.8 Å². The van der Waals surface area contributed by atoms with Crippen molar-refractivity contribution >= 4 is 23.2 Å². The van der Waals surface area contributed by atoms with Gasteiger partial charge in [0, 0.05) is 11.8 Å². The van der Waals surface area contributed by atoms with E-state index < -0.39 is 0 Å². The van der Waals surface area contributed by atoms with E-state index >= 15 is 0 Å². The van der Waals surface area contributed by atoms with Crippen molar-refractivity contribution in [3.63, 3.8) is 0 Å². The highest BCUT2D eigenvalue weighted by molar-refractivity contribution is 6.18. The molecule has 0 aromatic heterocycles. The Kier molecular flexibility index (Phi) is 8.37. The summed E-state index contributed by atoms with van der Waals surface area (Å²) in [5, 5.41) is 0. The van der Waals surface area contributed by atoms with Crippen molar-refractivity contribution in [2.75, 3.05) is 11.8 Å². The number of hydrogen-bond donors (Lipinski definition) is 0. The third-order valence-corrected chi connectivity index (χ3v) is 1.84. The lowest BCUT2D eigenvalue weighted by molar-refractivity contribution is 0.306. The maximum Gasteiger partial charge on any atom is 0.0965 e. The first-order chi connectivity index (χ1) is 6.20. The molecule has 0 saturated heterocycles. The van der Waals surface area contributed by atoms with E-state index in [1.54, 1.807) is 0 Å². The molecule has 0 aromatic rings. The van der Waals surface area contributed by atoms with Gasteiger partial charge in [-0.05, 0) is 38.8 Å². The van der Waals surface area contributed by atoms with Gasteiger partial charge in [-0.1, -0.05) is 0 Å². The van der Waals surface area contributed by atoms with Gasteiger partial charge in [0.2, 0.25) is 0 Å². The molecule has 0 rings (SSSR count). The van der Waals surface area contributed by atoms with E-state index in [1.807, 2.05) is 26.0 Å². The van der Waals surface area contributed by atoms with Gasteiger partial charge < -0.3 is 4.74 Å². The highest BCUT2D eigenvalue weighted by atomic mass is 35.5. The Bertz CT molecular complexity index is 165. The molecule has 13 heavy (non-hydrogen) atoms. The maximum absolute atomic E-state index is 5.53. The fourth-order valence-corrected chi connectivity index (χ4v) is 1.07. The molecular formula is C10H16Cl2O. The van der Waals surface area contributed by atoms with Crippen LogP contribution in [0.5, 0.6) is 0 Å². The van der Waals surface area contributed by atoms with Crippen LogP contribution in [0.1, 0.15) is 26.7 Å². The summed E-state index contributed by atoms with van der Waals surface area (Å²) in [5.41, 5.74) is 0. The van der Waals surface area contributed by atoms with Crippen molar-refractivity contribution in [3.05, 3.63) is 23.7 Å². The lowest BCUT2D eigenvalue weighted by atomic mass is 10.3. The van der Waals surface area contributed by atoms with Gasteiger partial charge >= 0.3 is 0 Å². The average molecular weight is 223 g/mol. The summed E-state index contributed by atoms with van der Waals surface area (Å²) in [7, 11) is 0. The first kappa shape index (κ1) is 12.9. The zero-order valence-electron chi connectivity index (χ0n) is 8.15. The Labute approximate surface area is 90.4 Å². The van der Waals surface area contributed by atoms with Crippen LogP contribution in [0, 0.1) is 0 Å². The summed E-state index contributed by atoms with van der Waals surface area (Å²) in [6.07, 6.45) is 5.64. The molecule has 76 valence electrons. The van der Waals surface area contributed by atoms with Crippen LogP contribution in [0.2, 0.25) is 0 Å². The predicted octanol–water partition coefficient (Wildman–Crippen LogP) is 4.07. The summed E-state index contributed by atoms with van der Waals surface area (Å²) in [6.45, 7) is 3.84. The van der Waals surface area contributed by atoms with Crippen molar-refractivity contribution in [2.24, 2.45) is 0 Å². The molecule has 0 amide bonds. The van der Waals surface area contributed by atoms with Gasteiger partial charge in [0.1, 0.15) is 0 Å². The number of alkyl halides is 2. The highest BCUT2D eigenvalue weighted by Gasteiger charge is 1.91. The van der Waals surface area contributed by atoms with E-state index in [0.717, 1.165) is 24.4 Å². The van der Waals surface area contributed by atoms with Crippen LogP contribution >= 0.6 is 23.2 Å². The minimum atomic E-state index is 0.630. The van der Waals surface area contributed by atoms with Crippen LogP contribution < -0.4 is 0 Å². The topological polar surface area (TPSA) is 9.23 Å². The summed E-state index contributed by atoms with van der Waals surface area (Å²) in [4.78, 5) is 0. The van der Waals surface area contributed by atoms with E-state index in [9.17, 15) is 0 Å². The molecule has 0 aliphatic carbocycles. The minimum absolute atomic E-state index is 0.630. The third kappa shape index (κ3) is 8.20. The number of hydrogen-bond acceptors (Lipinski definition) is 1. The molecule has 0 aromatic carbocycles. The van der Waals surface area contributed by atoms with Gasteiger partial charge in [0.25, 0.3) is 0 Å². The SMILES string of the molecule is CC(=CCCCl)OC(C)=CCCCl. The second-order valence-electron chi connectivity index (χ2n) is 2.69. The summed E-state index contributed by atoms with van der Waals surface area (Å²) in [6, 6.07) is 0. The molecule has 0 spiro atoms. The zero-order valence-corrected chi connectivity index (χ0v) is 9.66. The van der Waals surface area contributed by atoms with E-state index in [1.165, 1.54) is 0 Å². The molecule has 0 unspecified atom stereocenters. The van der Waals surface area contributed by atoms with E-state index in [4.69, 9.17) is 27.9 Å². The van der Waals surface area contributed by atoms with Crippen molar-refractivity contribution in [1.82, 2.24) is 0 Å². The second-order valence-corrected chi connectivity index (χ2v) is 3.44. The maximum atomic E-state index is 5.53. The van der Waals surface area contributed by atoms with Crippen LogP contribution in [0.15, 0.2) is 23.7 Å². The van der Waals surface area contributed by atoms with Crippen LogP contribution in [-0.2, 0) is 4.74 Å². The molecule has 0 aliphatic heterocycles. The molecule has 0 atom stereocenters. The molecular weight excluding hydrogens is 207 g/mol. The predicted molar refractivity (Wildman–Crippen MR) is 59.3 cm³/mol. The largest absolute Gasteiger partial charge is 0.467 e. The Morgan fingerprint density at radius 3 is 1.69 bits per heavy atom. The zero-order chi connectivity index (χ0) is 10.1. The van der Waals surface area contributed by atoms with Crippen LogP contribution in [0.4, 0.5) is 0 Å². The molecule has 0 saturated carbocycles. The Balaban J connectivity index is 3.82. The number of allylic oxidation sites excluding steroid dienone is 4. The molecule has 0 N–H and O–H groups in total. The summed E-state index contributed by atoms with van der Waals surface area (Å²) in [5.74, 6) is 3.05. The Morgan fingerprint density at radius 1 is 1.00 bits per heavy atom. The first-order valence-electron chi connectivity index (χ1n) is 4.34. The normalized spacial score (nSPS) is 13.2. The first-order valence-corrected chi connectivity index (χ1v) is 5.41. The van der Waals surface area contributed by atoms with Gasteiger partial charge in [-0.15, -0.1) is 23.2 Å². The number of ether oxygens (including phenoxy) is 1. The van der Waals surface area contributed by atoms with E-state index in [-0.39, 0.29) is 0 Å². The number of halogens is 2. The summed E-state index contributed by atoms with van der Waals surface area (Å²) >= 11 is 11.1. The monoisotopic (exact) mass is 222 g/mol. The molecule has 0 radical (unpaired) electrons. The van der Waals surface area contributed by atoms with Gasteiger partial charge in [-0.25, -0.2) is 0 Å². The third-order valence-electron chi connectivity index (χ3n) is 1.40. The van der Waals surface area contributed by atoms with Crippen LogP contribution in [0.25, 0.3) is 0 Å². The molecule has 0 aliphatic rings. The van der Waals surface area contributed by atoms with Crippen molar-refractivity contribution in [1.29, 1.82) is 0 Å². The molecule has 0 bridgehead atoms. The molecule has 1 nitrogen and oxygen atoms in total. The molecule has 0 fully saturated rings. The lowest BCUT2D eigenvalue weighted by Crippen LogP contribution is -1.87. The molecule has 3 heteroatoms. The number of rotatable bonds is 6. The summed E-state index contributed by atoms with van der Waals surface area (Å²) < 4.78 is 5.46. The van der Waals surface area contributed by atoms with Crippen LogP contribution in [0.3, 0.4) is 0 Å². The van der Waals surface area contributed by atoms with Gasteiger partial charge in [0.05, 0.1) is 11.5 Å². The van der Waals surface area contributed by atoms with E-state index in [0.29, 0.717) is 11.8 Å². The lowest BCUT2D eigenvalue weighted by Gasteiger charge is -2.05. The minimum Gasteiger partial charge on any atom is -0.467 e. The Morgan fingerprint density at radius 2 is 1.38 bits per heavy atom. The quantitative estimate of drug-likeness (QED) is 0.487. The highest BCUT2D eigenvalue weighted by Crippen LogP contribution is 2.07.